The molecule has 1 unspecified atom stereocenters. The molecule has 304 valence electrons. The summed E-state index contributed by atoms with van der Waals surface area (Å²) in [6.45, 7) is 34.2. The quantitative estimate of drug-likeness (QED) is 0.133. The second kappa shape index (κ2) is 31.2. The van der Waals surface area contributed by atoms with Crippen LogP contribution in [-0.2, 0) is 0 Å². The van der Waals surface area contributed by atoms with Crippen LogP contribution in [0.2, 0.25) is 0 Å². The SMILES string of the molecule is C1=CC(c2cccc(-c3ccc(-c4ccccc4)cc3)c2)NN1.C=C1/C=C\C=C/N(c2ccc(C)cc2)c2ccccc21.C=CC.C=CC.C=CC=C.C=CC=C.CC. The first kappa shape index (κ1) is 50.1. The summed E-state index contributed by atoms with van der Waals surface area (Å²) in [5, 5.41) is 0. The topological polar surface area (TPSA) is 27.3 Å². The van der Waals surface area contributed by atoms with Gasteiger partial charge in [0.2, 0.25) is 0 Å². The highest BCUT2D eigenvalue weighted by Gasteiger charge is 2.13. The lowest BCUT2D eigenvalue weighted by Crippen LogP contribution is -2.24. The minimum absolute atomic E-state index is 0.235. The van der Waals surface area contributed by atoms with E-state index in [1.54, 1.807) is 36.5 Å². The largest absolute Gasteiger partial charge is 0.328 e. The summed E-state index contributed by atoms with van der Waals surface area (Å²) in [7, 11) is 0. The van der Waals surface area contributed by atoms with E-state index in [-0.39, 0.29) is 6.04 Å². The summed E-state index contributed by atoms with van der Waals surface area (Å²) in [4.78, 5) is 2.20. The Morgan fingerprint density at radius 2 is 1.08 bits per heavy atom. The van der Waals surface area contributed by atoms with Crippen molar-refractivity contribution >= 4 is 16.9 Å². The van der Waals surface area contributed by atoms with E-state index >= 15 is 0 Å². The molecule has 5 aromatic rings. The average Bonchev–Trinajstić information content (AvgIpc) is 3.84. The molecule has 59 heavy (non-hydrogen) atoms. The van der Waals surface area contributed by atoms with Crippen LogP contribution in [0.4, 0.5) is 11.4 Å². The van der Waals surface area contributed by atoms with Crippen molar-refractivity contribution in [2.24, 2.45) is 0 Å². The predicted molar refractivity (Wildman–Crippen MR) is 266 cm³/mol. The fraction of sp³-hybridized carbons (Fsp3) is 0.107. The maximum Gasteiger partial charge on any atom is 0.0708 e. The van der Waals surface area contributed by atoms with Gasteiger partial charge in [-0.3, -0.25) is 0 Å². The minimum Gasteiger partial charge on any atom is -0.328 e. The van der Waals surface area contributed by atoms with E-state index in [4.69, 9.17) is 0 Å². The van der Waals surface area contributed by atoms with Gasteiger partial charge in [-0.2, -0.15) is 0 Å². The van der Waals surface area contributed by atoms with E-state index in [1.807, 2.05) is 58.2 Å². The number of fused-ring (bicyclic) bond motifs is 1. The zero-order valence-electron chi connectivity index (χ0n) is 36.0. The van der Waals surface area contributed by atoms with Crippen LogP contribution in [0.25, 0.3) is 27.8 Å². The highest BCUT2D eigenvalue weighted by atomic mass is 15.4. The van der Waals surface area contributed by atoms with Gasteiger partial charge in [0.05, 0.1) is 11.7 Å². The summed E-state index contributed by atoms with van der Waals surface area (Å²) in [5.41, 5.74) is 18.2. The lowest BCUT2D eigenvalue weighted by Gasteiger charge is -2.25. The highest BCUT2D eigenvalue weighted by molar-refractivity contribution is 5.85. The minimum atomic E-state index is 0.235. The molecule has 0 spiro atoms. The van der Waals surface area contributed by atoms with Crippen LogP contribution in [0.5, 0.6) is 0 Å². The zero-order chi connectivity index (χ0) is 43.7. The second-order valence-corrected chi connectivity index (χ2v) is 12.4. The van der Waals surface area contributed by atoms with E-state index in [2.05, 4.69) is 202 Å². The third kappa shape index (κ3) is 18.3. The van der Waals surface area contributed by atoms with Gasteiger partial charge in [0.25, 0.3) is 0 Å². The number of aryl methyl sites for hydroxylation is 1. The number of rotatable bonds is 6. The fourth-order valence-electron chi connectivity index (χ4n) is 5.29. The molecule has 3 heteroatoms. The van der Waals surface area contributed by atoms with Gasteiger partial charge < -0.3 is 10.3 Å². The Morgan fingerprint density at radius 1 is 0.576 bits per heavy atom. The molecule has 2 heterocycles. The van der Waals surface area contributed by atoms with E-state index in [9.17, 15) is 0 Å². The van der Waals surface area contributed by atoms with Crippen molar-refractivity contribution in [1.29, 1.82) is 0 Å². The number of nitrogens with one attached hydrogen (secondary N) is 2. The molecule has 0 aliphatic carbocycles. The third-order valence-corrected chi connectivity index (χ3v) is 7.98. The number of benzene rings is 5. The Labute approximate surface area is 357 Å². The Hall–Kier alpha value is -6.94. The number of para-hydroxylation sites is 1. The first-order valence-corrected chi connectivity index (χ1v) is 19.9. The van der Waals surface area contributed by atoms with Gasteiger partial charge in [0.15, 0.2) is 0 Å². The predicted octanol–water partition coefficient (Wildman–Crippen LogP) is 16.0. The van der Waals surface area contributed by atoms with Gasteiger partial charge in [-0.05, 0) is 90.6 Å². The van der Waals surface area contributed by atoms with Gasteiger partial charge in [0.1, 0.15) is 0 Å². The van der Waals surface area contributed by atoms with Crippen molar-refractivity contribution in [3.63, 3.8) is 0 Å². The standard InChI is InChI=1S/C21H18N2.C19H17N.2C4H6.2C3H6.C2H6/c1-2-5-16(6-3-1)17-9-11-18(12-10-17)19-7-4-8-20(15-19)21-13-14-22-23-21;1-15-10-12-17(13-11-15)20-14-6-5-7-16(2)18-8-3-4-9-19(18)20;2*1-3-4-2;2*1-3-2;1-2/h1-15,21-23H;3-14H,2H2,1H3;2*3-4H,1-2H2;2*3H,1H2,2H3;1-2H3/b;7-5-,14-6-;;;;;. The van der Waals surface area contributed by atoms with Crippen molar-refractivity contribution in [3.05, 3.63) is 263 Å². The smallest absolute Gasteiger partial charge is 0.0708 e. The second-order valence-electron chi connectivity index (χ2n) is 12.4. The van der Waals surface area contributed by atoms with Crippen molar-refractivity contribution in [3.8, 4) is 22.3 Å². The summed E-state index contributed by atoms with van der Waals surface area (Å²) >= 11 is 0. The van der Waals surface area contributed by atoms with Crippen LogP contribution in [0, 0.1) is 6.92 Å². The molecule has 0 saturated heterocycles. The van der Waals surface area contributed by atoms with Gasteiger partial charge in [-0.15, -0.1) is 13.2 Å². The summed E-state index contributed by atoms with van der Waals surface area (Å²) in [6, 6.07) is 45.0. The Kier molecular flexibility index (Phi) is 26.5. The number of allylic oxidation sites excluding steroid dienone is 10. The molecule has 2 N–H and O–H groups in total. The van der Waals surface area contributed by atoms with Crippen molar-refractivity contribution in [2.75, 3.05) is 4.90 Å². The molecular formula is C56H65N3. The van der Waals surface area contributed by atoms with Crippen LogP contribution >= 0.6 is 0 Å². The van der Waals surface area contributed by atoms with E-state index < -0.39 is 0 Å². The number of nitrogens with zero attached hydrogens (tertiary/aromatic N) is 1. The van der Waals surface area contributed by atoms with Crippen LogP contribution in [0.15, 0.2) is 247 Å². The normalized spacial score (nSPS) is 13.3. The van der Waals surface area contributed by atoms with E-state index in [0.29, 0.717) is 0 Å². The highest BCUT2D eigenvalue weighted by Crippen LogP contribution is 2.34. The number of hydrazine groups is 1. The maximum atomic E-state index is 4.15. The van der Waals surface area contributed by atoms with Crippen LogP contribution in [-0.4, -0.2) is 0 Å². The molecular weight excluding hydrogens is 715 g/mol. The van der Waals surface area contributed by atoms with Crippen molar-refractivity contribution in [2.45, 2.75) is 40.7 Å². The lowest BCUT2D eigenvalue weighted by molar-refractivity contribution is 0.610. The van der Waals surface area contributed by atoms with E-state index in [0.717, 1.165) is 22.5 Å². The zero-order valence-corrected chi connectivity index (χ0v) is 36.0. The van der Waals surface area contributed by atoms with Crippen molar-refractivity contribution in [1.82, 2.24) is 10.9 Å². The lowest BCUT2D eigenvalue weighted by atomic mass is 9.97. The summed E-state index contributed by atoms with van der Waals surface area (Å²) in [6.07, 6.45) is 22.3. The Balaban J connectivity index is 0.000000438. The molecule has 0 aromatic heterocycles. The van der Waals surface area contributed by atoms with Crippen LogP contribution in [0.1, 0.15) is 50.4 Å². The first-order valence-electron chi connectivity index (χ1n) is 19.9. The average molecular weight is 780 g/mol. The van der Waals surface area contributed by atoms with Gasteiger partial charge in [-0.25, -0.2) is 5.43 Å². The van der Waals surface area contributed by atoms with Gasteiger partial charge >= 0.3 is 0 Å². The molecule has 0 fully saturated rings. The molecule has 7 rings (SSSR count). The molecule has 0 radical (unpaired) electrons. The Bertz CT molecular complexity index is 2050. The van der Waals surface area contributed by atoms with Crippen molar-refractivity contribution < 1.29 is 0 Å². The molecule has 3 nitrogen and oxygen atoms in total. The van der Waals surface area contributed by atoms with Crippen LogP contribution in [0.3, 0.4) is 0 Å². The molecule has 0 saturated carbocycles. The third-order valence-electron chi connectivity index (χ3n) is 7.98. The Morgan fingerprint density at radius 3 is 1.63 bits per heavy atom. The monoisotopic (exact) mass is 780 g/mol. The molecule has 5 aromatic carbocycles. The van der Waals surface area contributed by atoms with Gasteiger partial charge in [0, 0.05) is 23.7 Å². The molecule has 0 amide bonds. The summed E-state index contributed by atoms with van der Waals surface area (Å²) in [5.74, 6) is 0. The molecule has 2 aliphatic heterocycles. The number of hydrogen-bond donors (Lipinski definition) is 2. The molecule has 2 aliphatic rings. The van der Waals surface area contributed by atoms with E-state index in [1.165, 1.54) is 33.4 Å². The van der Waals surface area contributed by atoms with Crippen LogP contribution < -0.4 is 15.8 Å². The molecule has 1 atom stereocenters. The molecule has 0 bridgehead atoms. The fourth-order valence-corrected chi connectivity index (χ4v) is 5.29. The first-order chi connectivity index (χ1) is 28.8. The maximum absolute atomic E-state index is 4.15. The van der Waals surface area contributed by atoms with Gasteiger partial charge in [-0.1, -0.05) is 204 Å². The number of anilines is 2. The summed E-state index contributed by atoms with van der Waals surface area (Å²) < 4.78 is 0. The number of hydrogen-bond acceptors (Lipinski definition) is 3.